The maximum Gasteiger partial charge on any atom is 0.332 e. The Morgan fingerprint density at radius 1 is 0.958 bits per heavy atom. The van der Waals surface area contributed by atoms with Crippen molar-refractivity contribution < 1.29 is 17.1 Å². The number of H-pyrrole nitrogens is 1. The summed E-state index contributed by atoms with van der Waals surface area (Å²) in [7, 11) is 3.01. The molecule has 4 aromatic rings. The molecule has 24 heavy (non-hydrogen) atoms. The topological polar surface area (TPSA) is 72.7 Å². The molecule has 132 valence electrons. The first-order valence-electron chi connectivity index (χ1n) is 7.05. The molecule has 4 rings (SSSR count). The molecule has 0 unspecified atom stereocenters. The van der Waals surface area contributed by atoms with Gasteiger partial charge < -0.3 is 35.3 Å². The quantitative estimate of drug-likeness (QED) is 0.381. The fourth-order valence-corrected chi connectivity index (χ4v) is 1.91. The summed E-state index contributed by atoms with van der Waals surface area (Å²) in [5.74, 6) is 0. The van der Waals surface area contributed by atoms with Gasteiger partial charge in [-0.25, -0.2) is 21.9 Å². The zero-order valence-electron chi connectivity index (χ0n) is 13.4. The van der Waals surface area contributed by atoms with Crippen LogP contribution in [0, 0.1) is 0 Å². The van der Waals surface area contributed by atoms with Crippen LogP contribution in [0.1, 0.15) is 0 Å². The second-order valence-electron chi connectivity index (χ2n) is 4.73. The number of hydrogen-bond donors (Lipinski definition) is 1. The van der Waals surface area contributed by atoms with E-state index in [-0.39, 0.29) is 28.3 Å². The molecule has 1 N–H and O–H groups in total. The zero-order chi connectivity index (χ0) is 16.7. The molecule has 2 heterocycles. The Kier molecular flexibility index (Phi) is 7.68. The third-order valence-electron chi connectivity index (χ3n) is 3.14. The number of nitrogens with one attached hydrogen (secondary N) is 1. The van der Waals surface area contributed by atoms with Crippen molar-refractivity contribution in [3.8, 4) is 0 Å². The van der Waals surface area contributed by atoms with E-state index in [1.807, 2.05) is 60.7 Å². The average Bonchev–Trinajstić information content (AvgIpc) is 3.34. The Bertz CT molecular complexity index is 871. The van der Waals surface area contributed by atoms with Crippen LogP contribution in [0.15, 0.2) is 76.6 Å². The number of hydrogen-bond acceptors (Lipinski definition) is 3. The number of fused-ring (bicyclic) bond motifs is 1. The number of imidazole rings is 1. The second kappa shape index (κ2) is 9.50. The van der Waals surface area contributed by atoms with E-state index in [0.717, 1.165) is 4.57 Å². The maximum absolute atomic E-state index is 11.4. The van der Waals surface area contributed by atoms with Crippen molar-refractivity contribution in [2.75, 3.05) is 0 Å². The third kappa shape index (κ3) is 4.68. The van der Waals surface area contributed by atoms with E-state index in [1.54, 1.807) is 7.05 Å². The Hall–Kier alpha value is -2.63. The molecule has 0 atom stereocenters. The van der Waals surface area contributed by atoms with Crippen LogP contribution in [-0.2, 0) is 31.2 Å². The largest absolute Gasteiger partial charge is 0.748 e. The Morgan fingerprint density at radius 3 is 1.96 bits per heavy atom. The predicted octanol–water partition coefficient (Wildman–Crippen LogP) is 1.77. The van der Waals surface area contributed by atoms with Gasteiger partial charge >= 0.3 is 5.69 Å². The van der Waals surface area contributed by atoms with Gasteiger partial charge in [-0.15, -0.1) is 0 Å². The van der Waals surface area contributed by atoms with Crippen molar-refractivity contribution >= 4 is 11.2 Å². The molecule has 0 spiro atoms. The molecule has 0 aliphatic heterocycles. The number of rotatable bonds is 0. The minimum absolute atomic E-state index is 0. The average molecular weight is 366 g/mol. The standard InChI is InChI=1S/C7H8N4O2.2C5H5.Fe/c1-10-5-4(8-3-9-5)6(12)11(2)7(10)13;2*1-2-4-5-3-1;/h3H,1-2H3,(H,8,9);2*1-5H;/q;-5;-1;. The predicted molar refractivity (Wildman–Crippen MR) is 90.6 cm³/mol. The van der Waals surface area contributed by atoms with Crippen LogP contribution in [-0.4, -0.2) is 19.1 Å². The molecular formula is C17H18FeN4O2-6. The second-order valence-corrected chi connectivity index (χ2v) is 4.73. The molecule has 0 aliphatic carbocycles. The molecule has 0 aliphatic rings. The van der Waals surface area contributed by atoms with Gasteiger partial charge in [-0.1, -0.05) is 0 Å². The number of aromatic nitrogens is 4. The number of aryl methyl sites for hydroxylation is 1. The molecule has 0 saturated heterocycles. The third-order valence-corrected chi connectivity index (χ3v) is 3.14. The molecule has 0 radical (unpaired) electrons. The monoisotopic (exact) mass is 366 g/mol. The van der Waals surface area contributed by atoms with Crippen LogP contribution < -0.4 is 11.2 Å². The van der Waals surface area contributed by atoms with Gasteiger partial charge in [0.15, 0.2) is 5.65 Å². The fraction of sp³-hybridized carbons (Fsp3) is 0.118. The van der Waals surface area contributed by atoms with Crippen molar-refractivity contribution in [3.05, 3.63) is 87.8 Å². The Labute approximate surface area is 149 Å². The van der Waals surface area contributed by atoms with E-state index in [1.165, 1.54) is 17.9 Å². The van der Waals surface area contributed by atoms with Crippen LogP contribution in [0.5, 0.6) is 0 Å². The van der Waals surface area contributed by atoms with Gasteiger partial charge in [-0.05, 0) is 0 Å². The van der Waals surface area contributed by atoms with Crippen molar-refractivity contribution in [2.45, 2.75) is 0 Å². The summed E-state index contributed by atoms with van der Waals surface area (Å²) in [6.07, 6.45) is 1.39. The summed E-state index contributed by atoms with van der Waals surface area (Å²) in [5, 5.41) is 0. The number of nitrogens with zero attached hydrogens (tertiary/aromatic N) is 3. The van der Waals surface area contributed by atoms with E-state index >= 15 is 0 Å². The van der Waals surface area contributed by atoms with E-state index in [9.17, 15) is 9.59 Å². The molecule has 0 amide bonds. The number of aromatic amines is 1. The van der Waals surface area contributed by atoms with Crippen LogP contribution in [0.4, 0.5) is 0 Å². The normalized spacial score (nSPS) is 9.25. The van der Waals surface area contributed by atoms with Gasteiger partial charge in [0.05, 0.1) is 6.33 Å². The minimum Gasteiger partial charge on any atom is -0.748 e. The van der Waals surface area contributed by atoms with Gasteiger partial charge in [-0.3, -0.25) is 13.9 Å². The summed E-state index contributed by atoms with van der Waals surface area (Å²) in [4.78, 5) is 29.4. The van der Waals surface area contributed by atoms with E-state index in [2.05, 4.69) is 9.97 Å². The van der Waals surface area contributed by atoms with E-state index < -0.39 is 0 Å². The van der Waals surface area contributed by atoms with Crippen LogP contribution in [0.2, 0.25) is 0 Å². The first kappa shape index (κ1) is 19.4. The fourth-order valence-electron chi connectivity index (χ4n) is 1.91. The molecular weight excluding hydrogens is 348 g/mol. The van der Waals surface area contributed by atoms with Crippen LogP contribution >= 0.6 is 0 Å². The summed E-state index contributed by atoms with van der Waals surface area (Å²) in [6.45, 7) is 0. The first-order chi connectivity index (χ1) is 11.1. The van der Waals surface area contributed by atoms with Gasteiger partial charge in [0, 0.05) is 31.2 Å². The van der Waals surface area contributed by atoms with Gasteiger partial charge in [0.25, 0.3) is 5.56 Å². The minimum atomic E-state index is -0.371. The summed E-state index contributed by atoms with van der Waals surface area (Å²) < 4.78 is 2.37. The van der Waals surface area contributed by atoms with E-state index in [4.69, 9.17) is 0 Å². The molecule has 2 aromatic heterocycles. The van der Waals surface area contributed by atoms with Crippen molar-refractivity contribution in [2.24, 2.45) is 14.1 Å². The van der Waals surface area contributed by atoms with Crippen molar-refractivity contribution in [1.29, 1.82) is 0 Å². The van der Waals surface area contributed by atoms with E-state index in [0.29, 0.717) is 11.2 Å². The molecule has 7 heteroatoms. The molecule has 0 fully saturated rings. The van der Waals surface area contributed by atoms with Gasteiger partial charge in [0.1, 0.15) is 5.52 Å². The Balaban J connectivity index is 0.000000216. The summed E-state index contributed by atoms with van der Waals surface area (Å²) in [6, 6.07) is 20.0. The first-order valence-corrected chi connectivity index (χ1v) is 7.05. The van der Waals surface area contributed by atoms with Crippen LogP contribution in [0.25, 0.3) is 11.2 Å². The van der Waals surface area contributed by atoms with Crippen molar-refractivity contribution in [3.63, 3.8) is 0 Å². The smallest absolute Gasteiger partial charge is 0.332 e. The molecule has 0 saturated carbocycles. The van der Waals surface area contributed by atoms with Crippen molar-refractivity contribution in [1.82, 2.24) is 19.1 Å². The maximum atomic E-state index is 11.4. The molecule has 6 nitrogen and oxygen atoms in total. The van der Waals surface area contributed by atoms with Crippen LogP contribution in [0.3, 0.4) is 0 Å². The Morgan fingerprint density at radius 2 is 1.50 bits per heavy atom. The summed E-state index contributed by atoms with van der Waals surface area (Å²) in [5.41, 5.74) is 0.0119. The summed E-state index contributed by atoms with van der Waals surface area (Å²) >= 11 is 0. The molecule has 2 aromatic carbocycles. The molecule has 0 bridgehead atoms. The SMILES string of the molecule is Cn1c(=O)c2[nH]cnc2n(C)c1=O.[Fe].[cH-]1[cH-][cH-][cH-][cH-]1.c1cc[cH-]c1. The zero-order valence-corrected chi connectivity index (χ0v) is 14.5. The van der Waals surface area contributed by atoms with Gasteiger partial charge in [0.2, 0.25) is 0 Å². The van der Waals surface area contributed by atoms with Gasteiger partial charge in [-0.2, -0.15) is 18.2 Å².